The van der Waals surface area contributed by atoms with Gasteiger partial charge in [0.25, 0.3) is 5.95 Å². The molecule has 1 heterocycles. The van der Waals surface area contributed by atoms with Gasteiger partial charge < -0.3 is 9.15 Å². The quantitative estimate of drug-likeness (QED) is 0.585. The van der Waals surface area contributed by atoms with Gasteiger partial charge in [-0.05, 0) is 41.5 Å². The van der Waals surface area contributed by atoms with Crippen molar-refractivity contribution >= 4 is 5.78 Å². The Morgan fingerprint density at radius 1 is 1.28 bits per heavy atom. The summed E-state index contributed by atoms with van der Waals surface area (Å²) >= 11 is 0. The summed E-state index contributed by atoms with van der Waals surface area (Å²) in [5, 5.41) is 0. The second kappa shape index (κ2) is 8.56. The van der Waals surface area contributed by atoms with Gasteiger partial charge in [0.05, 0.1) is 18.1 Å². The topological polar surface area (TPSA) is 56.5 Å². The van der Waals surface area contributed by atoms with Gasteiger partial charge in [-0.3, -0.25) is 9.59 Å². The van der Waals surface area contributed by atoms with E-state index in [4.69, 9.17) is 9.15 Å². The normalized spacial score (nSPS) is 23.3. The Bertz CT molecular complexity index is 958. The van der Waals surface area contributed by atoms with Crippen molar-refractivity contribution in [3.05, 3.63) is 62.1 Å². The smallest absolute Gasteiger partial charge is 0.291 e. The van der Waals surface area contributed by atoms with Crippen LogP contribution in [0.15, 0.2) is 44.2 Å². The number of ketones is 1. The zero-order valence-corrected chi connectivity index (χ0v) is 19.2. The summed E-state index contributed by atoms with van der Waals surface area (Å²) in [5.41, 5.74) is 3.85. The largest absolute Gasteiger partial charge is 0.468 e. The number of hydrogen-bond donors (Lipinski definition) is 0. The lowest BCUT2D eigenvalue weighted by Gasteiger charge is -2.40. The molecule has 1 aliphatic rings. The van der Waals surface area contributed by atoms with Crippen molar-refractivity contribution in [2.24, 2.45) is 11.8 Å². The Hall–Kier alpha value is -2.36. The molecule has 0 spiro atoms. The third-order valence-electron chi connectivity index (χ3n) is 6.06. The van der Waals surface area contributed by atoms with Gasteiger partial charge in [-0.25, -0.2) is 0 Å². The molecule has 0 saturated carbocycles. The average molecular weight is 399 g/mol. The van der Waals surface area contributed by atoms with E-state index in [-0.39, 0.29) is 29.0 Å². The van der Waals surface area contributed by atoms with Crippen LogP contribution in [0.4, 0.5) is 0 Å². The van der Waals surface area contributed by atoms with Gasteiger partial charge in [-0.1, -0.05) is 48.8 Å². The van der Waals surface area contributed by atoms with Crippen LogP contribution >= 0.6 is 0 Å². The Labute approximate surface area is 174 Å². The van der Waals surface area contributed by atoms with E-state index in [0.29, 0.717) is 23.3 Å². The molecule has 158 valence electrons. The van der Waals surface area contributed by atoms with Gasteiger partial charge in [-0.2, -0.15) is 0 Å². The van der Waals surface area contributed by atoms with Crippen LogP contribution in [0.1, 0.15) is 64.9 Å². The van der Waals surface area contributed by atoms with Crippen molar-refractivity contribution in [3.63, 3.8) is 0 Å². The predicted octanol–water partition coefficient (Wildman–Crippen LogP) is 5.61. The first-order valence-electron chi connectivity index (χ1n) is 10.2. The number of Topliss-reactive ketones (excluding diaryl/α,β-unsaturated/α-hetero) is 1. The lowest BCUT2D eigenvalue weighted by atomic mass is 9.64. The number of carbonyl (C=O) groups is 1. The van der Waals surface area contributed by atoms with Crippen molar-refractivity contribution < 1.29 is 13.9 Å². The minimum Gasteiger partial charge on any atom is -0.468 e. The molecule has 3 unspecified atom stereocenters. The summed E-state index contributed by atoms with van der Waals surface area (Å²) in [6, 6.07) is 0. The highest BCUT2D eigenvalue weighted by Crippen LogP contribution is 2.47. The summed E-state index contributed by atoms with van der Waals surface area (Å²) in [4.78, 5) is 25.0. The molecule has 3 atom stereocenters. The monoisotopic (exact) mass is 398 g/mol. The highest BCUT2D eigenvalue weighted by atomic mass is 16.6. The van der Waals surface area contributed by atoms with Gasteiger partial charge in [0, 0.05) is 23.8 Å². The second-order valence-electron chi connectivity index (χ2n) is 8.51. The van der Waals surface area contributed by atoms with E-state index in [2.05, 4.69) is 45.9 Å². The van der Waals surface area contributed by atoms with E-state index in [9.17, 15) is 9.59 Å². The van der Waals surface area contributed by atoms with Gasteiger partial charge in [0.2, 0.25) is 0 Å². The number of hydrogen-bond acceptors (Lipinski definition) is 4. The Kier molecular flexibility index (Phi) is 6.77. The van der Waals surface area contributed by atoms with Gasteiger partial charge in [0.15, 0.2) is 5.43 Å². The number of ether oxygens (including phenoxy) is 1. The molecule has 0 aliphatic heterocycles. The first kappa shape index (κ1) is 22.9. The Morgan fingerprint density at radius 2 is 1.90 bits per heavy atom. The van der Waals surface area contributed by atoms with E-state index >= 15 is 0 Å². The number of allylic oxidation sites excluding steroid dienone is 6. The summed E-state index contributed by atoms with van der Waals surface area (Å²) in [6.45, 7) is 15.7. The average Bonchev–Trinajstić information content (AvgIpc) is 2.64. The minimum atomic E-state index is -0.567. The maximum atomic E-state index is 12.9. The molecule has 1 aromatic rings. The lowest BCUT2D eigenvalue weighted by Crippen LogP contribution is -2.36. The van der Waals surface area contributed by atoms with Crippen molar-refractivity contribution in [1.82, 2.24) is 0 Å². The van der Waals surface area contributed by atoms with Crippen LogP contribution in [-0.2, 0) is 10.2 Å². The molecule has 0 bridgehead atoms. The number of methoxy groups -OCH3 is 1. The van der Waals surface area contributed by atoms with E-state index in [1.54, 1.807) is 6.92 Å². The first-order valence-corrected chi connectivity index (χ1v) is 10.2. The summed E-state index contributed by atoms with van der Waals surface area (Å²) < 4.78 is 11.5. The maximum Gasteiger partial charge on any atom is 0.291 e. The van der Waals surface area contributed by atoms with E-state index < -0.39 is 5.41 Å². The van der Waals surface area contributed by atoms with Crippen LogP contribution in [0.25, 0.3) is 0 Å². The fraction of sp³-hybridized carbons (Fsp3) is 0.520. The fourth-order valence-electron chi connectivity index (χ4n) is 4.88. The zero-order valence-electron chi connectivity index (χ0n) is 19.2. The highest BCUT2D eigenvalue weighted by Gasteiger charge is 2.42. The molecule has 0 N–H and O–H groups in total. The lowest BCUT2D eigenvalue weighted by molar-refractivity contribution is -0.120. The molecule has 0 radical (unpaired) electrons. The fourth-order valence-corrected chi connectivity index (χ4v) is 4.88. The SMILES string of the molecule is CCC(=O)C(C)/C=C(/C)C1C(C)=CC(C)=CC1(C)c1oc(OC)c(C)c(=O)c1C. The summed E-state index contributed by atoms with van der Waals surface area (Å²) in [7, 11) is 1.51. The molecule has 0 amide bonds. The zero-order chi connectivity index (χ0) is 22.1. The second-order valence-corrected chi connectivity index (χ2v) is 8.51. The van der Waals surface area contributed by atoms with E-state index in [0.717, 1.165) is 11.1 Å². The van der Waals surface area contributed by atoms with Gasteiger partial charge in [0.1, 0.15) is 11.5 Å². The summed E-state index contributed by atoms with van der Waals surface area (Å²) in [5.74, 6) is 0.918. The van der Waals surface area contributed by atoms with Crippen molar-refractivity contribution in [3.8, 4) is 5.95 Å². The van der Waals surface area contributed by atoms with Crippen LogP contribution in [0.2, 0.25) is 0 Å². The van der Waals surface area contributed by atoms with Gasteiger partial charge in [-0.15, -0.1) is 0 Å². The molecule has 1 aromatic heterocycles. The third kappa shape index (κ3) is 4.17. The third-order valence-corrected chi connectivity index (χ3v) is 6.06. The van der Waals surface area contributed by atoms with Crippen LogP contribution in [0, 0.1) is 25.7 Å². The number of rotatable bonds is 6. The maximum absolute atomic E-state index is 12.9. The van der Waals surface area contributed by atoms with Gasteiger partial charge >= 0.3 is 0 Å². The summed E-state index contributed by atoms with van der Waals surface area (Å²) in [6.07, 6.45) is 6.90. The molecule has 1 aliphatic carbocycles. The minimum absolute atomic E-state index is 0.0208. The molecule has 0 saturated heterocycles. The Morgan fingerprint density at radius 3 is 2.45 bits per heavy atom. The van der Waals surface area contributed by atoms with Crippen LogP contribution in [0.5, 0.6) is 5.95 Å². The molecular formula is C25H34O4. The molecule has 2 rings (SSSR count). The van der Waals surface area contributed by atoms with Crippen molar-refractivity contribution in [2.75, 3.05) is 7.11 Å². The van der Waals surface area contributed by atoms with Crippen LogP contribution < -0.4 is 10.2 Å². The predicted molar refractivity (Wildman–Crippen MR) is 118 cm³/mol. The first-order chi connectivity index (χ1) is 13.5. The van der Waals surface area contributed by atoms with Crippen molar-refractivity contribution in [1.29, 1.82) is 0 Å². The Balaban J connectivity index is 2.74. The van der Waals surface area contributed by atoms with Crippen molar-refractivity contribution in [2.45, 2.75) is 67.2 Å². The number of carbonyl (C=O) groups excluding carboxylic acids is 1. The molecule has 0 aromatic carbocycles. The molecule has 4 heteroatoms. The molecule has 29 heavy (non-hydrogen) atoms. The standard InChI is InChI=1S/C25H34O4/c1-10-20(26)15(3)12-17(5)21-16(4)11-14(2)13-25(21,8)23-18(6)22(27)19(7)24(28-9)29-23/h11-13,15,21H,10H2,1-9H3/b17-12-. The van der Waals surface area contributed by atoms with E-state index in [1.807, 2.05) is 20.8 Å². The molecule has 4 nitrogen and oxygen atoms in total. The van der Waals surface area contributed by atoms with E-state index in [1.165, 1.54) is 12.7 Å². The highest BCUT2D eigenvalue weighted by molar-refractivity contribution is 5.82. The van der Waals surface area contributed by atoms with Crippen LogP contribution in [0.3, 0.4) is 0 Å². The van der Waals surface area contributed by atoms with Crippen LogP contribution in [-0.4, -0.2) is 12.9 Å². The molecular weight excluding hydrogens is 364 g/mol. The molecule has 0 fully saturated rings.